The molecule has 0 N–H and O–H groups in total. The van der Waals surface area contributed by atoms with Crippen molar-refractivity contribution < 1.29 is 39.3 Å². The molecule has 3 aromatic rings. The first-order chi connectivity index (χ1) is 14.7. The van der Waals surface area contributed by atoms with Crippen molar-refractivity contribution in [3.05, 3.63) is 91.0 Å². The number of hydrogen-bond acceptors (Lipinski definition) is 4. The molecule has 0 fully saturated rings. The summed E-state index contributed by atoms with van der Waals surface area (Å²) in [6.07, 6.45) is 0. The summed E-state index contributed by atoms with van der Waals surface area (Å²) in [5, 5.41) is 22.8. The average Bonchev–Trinajstić information content (AvgIpc) is 2.77. The summed E-state index contributed by atoms with van der Waals surface area (Å²) in [4.78, 5) is 15.9. The fraction of sp³-hybridized carbons (Fsp3) is 0.0909. The van der Waals surface area contributed by atoms with Crippen molar-refractivity contribution in [2.45, 2.75) is 9.67 Å². The van der Waals surface area contributed by atoms with Crippen molar-refractivity contribution in [2.24, 2.45) is 0 Å². The van der Waals surface area contributed by atoms with Crippen molar-refractivity contribution in [1.82, 2.24) is 0 Å². The number of rotatable bonds is 5. The van der Waals surface area contributed by atoms with Crippen molar-refractivity contribution in [2.75, 3.05) is 0 Å². The number of carboxylic acid groups (broad SMARTS) is 2. The van der Waals surface area contributed by atoms with Crippen LogP contribution in [0.15, 0.2) is 91.0 Å². The third kappa shape index (κ3) is 12.2. The largest absolute Gasteiger partial charge is 2.00 e. The van der Waals surface area contributed by atoms with Gasteiger partial charge >= 0.3 is 19.5 Å². The van der Waals surface area contributed by atoms with Gasteiger partial charge in [0.2, 0.25) is 0 Å². The molecule has 0 aliphatic carbocycles. The molecule has 0 spiro atoms. The minimum Gasteiger partial charge on any atom is -0.547 e. The normalized spacial score (nSPS) is 9.72. The van der Waals surface area contributed by atoms with E-state index in [4.69, 9.17) is 46.4 Å². The molecule has 0 aromatic heterocycles. The smallest absolute Gasteiger partial charge is 0.547 e. The van der Waals surface area contributed by atoms with Gasteiger partial charge in [0, 0.05) is 0 Å². The Bertz CT molecular complexity index is 805. The van der Waals surface area contributed by atoms with Crippen LogP contribution in [0.3, 0.4) is 0 Å². The van der Waals surface area contributed by atoms with Crippen LogP contribution < -0.4 is 26.1 Å². The maximum absolute atomic E-state index is 9.32. The van der Waals surface area contributed by atoms with E-state index in [0.29, 0.717) is 0 Å². The maximum atomic E-state index is 9.32. The van der Waals surface area contributed by atoms with Crippen LogP contribution in [0.1, 0.15) is 0 Å². The van der Waals surface area contributed by atoms with Crippen molar-refractivity contribution in [1.29, 1.82) is 0 Å². The van der Waals surface area contributed by atoms with Crippen LogP contribution >= 0.6 is 54.3 Å². The van der Waals surface area contributed by atoms with Crippen LogP contribution in [0.2, 0.25) is 0 Å². The summed E-state index contributed by atoms with van der Waals surface area (Å²) in [7, 11) is -0.446. The van der Waals surface area contributed by atoms with Gasteiger partial charge in [0.1, 0.15) is 9.67 Å². The molecular weight excluding hydrogens is 604 g/mol. The first kappa shape index (κ1) is 30.8. The summed E-state index contributed by atoms with van der Waals surface area (Å²) in [5.74, 6) is -2.92. The SMILES string of the molecule is O=C([O-])C(Cl)Cl.O=C([O-])C(Cl)Cl.[Rh+2].c1ccc(P(c2ccccc2)c2ccccc2)cc1. The second kappa shape index (κ2) is 17.3. The van der Waals surface area contributed by atoms with Gasteiger partial charge in [-0.25, -0.2) is 0 Å². The van der Waals surface area contributed by atoms with Gasteiger partial charge in [-0.2, -0.15) is 0 Å². The van der Waals surface area contributed by atoms with E-state index in [1.165, 1.54) is 15.9 Å². The Morgan fingerprint density at radius 1 is 0.562 bits per heavy atom. The fourth-order valence-electron chi connectivity index (χ4n) is 2.18. The topological polar surface area (TPSA) is 80.3 Å². The van der Waals surface area contributed by atoms with Gasteiger partial charge in [0.25, 0.3) is 0 Å². The Kier molecular flexibility index (Phi) is 16.7. The molecule has 0 atom stereocenters. The standard InChI is InChI=1S/C18H15P.2C2H2Cl2O2.Rh/c1-4-10-16(11-5-1)19(17-12-6-2-7-13-17)18-14-8-3-9-15-18;2*3-1(4)2(5)6;/h1-15H;2*1H,(H,5,6);/q;;;+2/p-2. The molecule has 10 heteroatoms. The van der Waals surface area contributed by atoms with Gasteiger partial charge in [-0.1, -0.05) is 137 Å². The summed E-state index contributed by atoms with van der Waals surface area (Å²) in [6, 6.07) is 32.3. The minimum atomic E-state index is -1.46. The third-order valence-corrected chi connectivity index (χ3v) is 6.56. The van der Waals surface area contributed by atoms with E-state index in [0.717, 1.165) is 0 Å². The van der Waals surface area contributed by atoms with E-state index in [9.17, 15) is 19.8 Å². The molecule has 0 heterocycles. The van der Waals surface area contributed by atoms with Crippen molar-refractivity contribution in [3.8, 4) is 0 Å². The third-order valence-electron chi connectivity index (χ3n) is 3.40. The van der Waals surface area contributed by atoms with Gasteiger partial charge in [-0.05, 0) is 23.8 Å². The average molecular weight is 621 g/mol. The van der Waals surface area contributed by atoms with Gasteiger partial charge < -0.3 is 19.8 Å². The Morgan fingerprint density at radius 3 is 0.906 bits per heavy atom. The molecular formula is C22H17Cl4O4PRh. The van der Waals surface area contributed by atoms with Gasteiger partial charge in [0.15, 0.2) is 0 Å². The molecule has 32 heavy (non-hydrogen) atoms. The van der Waals surface area contributed by atoms with Gasteiger partial charge in [-0.3, -0.25) is 0 Å². The molecule has 0 aliphatic rings. The number of carboxylic acids is 2. The van der Waals surface area contributed by atoms with Crippen LogP contribution in [-0.2, 0) is 29.1 Å². The van der Waals surface area contributed by atoms with E-state index in [-0.39, 0.29) is 19.5 Å². The number of carbonyl (C=O) groups is 2. The Morgan fingerprint density at radius 2 is 0.750 bits per heavy atom. The number of alkyl halides is 4. The van der Waals surface area contributed by atoms with Crippen LogP contribution in [0.4, 0.5) is 0 Å². The molecule has 0 aliphatic heterocycles. The monoisotopic (exact) mass is 619 g/mol. The predicted molar refractivity (Wildman–Crippen MR) is 126 cm³/mol. The predicted octanol–water partition coefficient (Wildman–Crippen LogP) is 2.52. The summed E-state index contributed by atoms with van der Waals surface area (Å²) in [5.41, 5.74) is 0. The minimum absolute atomic E-state index is 0. The first-order valence-electron chi connectivity index (χ1n) is 8.67. The zero-order valence-corrected chi connectivity index (χ0v) is 21.8. The fourth-order valence-corrected chi connectivity index (χ4v) is 4.48. The molecule has 0 saturated heterocycles. The number of halogens is 4. The second-order valence-electron chi connectivity index (χ2n) is 5.58. The van der Waals surface area contributed by atoms with Crippen LogP contribution in [0.25, 0.3) is 0 Å². The molecule has 0 amide bonds. The van der Waals surface area contributed by atoms with Gasteiger partial charge in [-0.15, -0.1) is 0 Å². The summed E-state index contributed by atoms with van der Waals surface area (Å²) in [6.45, 7) is 0. The van der Waals surface area contributed by atoms with E-state index in [1.807, 2.05) is 0 Å². The van der Waals surface area contributed by atoms with Crippen LogP contribution in [0.5, 0.6) is 0 Å². The van der Waals surface area contributed by atoms with E-state index >= 15 is 0 Å². The van der Waals surface area contributed by atoms with E-state index < -0.39 is 29.5 Å². The molecule has 3 aromatic carbocycles. The zero-order valence-electron chi connectivity index (χ0n) is 16.2. The Labute approximate surface area is 221 Å². The Balaban J connectivity index is 0.000000620. The quantitative estimate of drug-likeness (QED) is 0.250. The van der Waals surface area contributed by atoms with Crippen LogP contribution in [0, 0.1) is 0 Å². The molecule has 4 nitrogen and oxygen atoms in total. The number of aliphatic carboxylic acids is 2. The van der Waals surface area contributed by atoms with Gasteiger partial charge in [0.05, 0.1) is 11.9 Å². The molecule has 0 bridgehead atoms. The molecule has 171 valence electrons. The second-order valence-corrected chi connectivity index (χ2v) is 9.99. The van der Waals surface area contributed by atoms with Crippen molar-refractivity contribution in [3.63, 3.8) is 0 Å². The number of benzene rings is 3. The van der Waals surface area contributed by atoms with E-state index in [2.05, 4.69) is 91.0 Å². The molecule has 0 unspecified atom stereocenters. The first-order valence-corrected chi connectivity index (χ1v) is 11.8. The van der Waals surface area contributed by atoms with E-state index in [1.54, 1.807) is 0 Å². The number of carbonyl (C=O) groups excluding carboxylic acids is 2. The van der Waals surface area contributed by atoms with Crippen LogP contribution in [-0.4, -0.2) is 21.6 Å². The Hall–Kier alpha value is -1.19. The summed E-state index contributed by atoms with van der Waals surface area (Å²) < 4.78 is 0. The summed E-state index contributed by atoms with van der Waals surface area (Å²) >= 11 is 18.9. The molecule has 0 saturated carbocycles. The molecule has 3 rings (SSSR count). The maximum Gasteiger partial charge on any atom is 2.00 e. The zero-order chi connectivity index (χ0) is 23.2. The van der Waals surface area contributed by atoms with Crippen molar-refractivity contribution >= 4 is 82.2 Å². The number of hydrogen-bond donors (Lipinski definition) is 0. The molecule has 1 radical (unpaired) electrons.